The van der Waals surface area contributed by atoms with Gasteiger partial charge < -0.3 is 5.32 Å². The van der Waals surface area contributed by atoms with Crippen molar-refractivity contribution in [3.05, 3.63) is 62.6 Å². The number of nitro groups is 1. The molecule has 9 heteroatoms. The summed E-state index contributed by atoms with van der Waals surface area (Å²) >= 11 is 11.6. The second kappa shape index (κ2) is 5.94. The van der Waals surface area contributed by atoms with E-state index in [1.165, 1.54) is 30.3 Å². The summed E-state index contributed by atoms with van der Waals surface area (Å²) in [6.07, 6.45) is 0. The molecule has 6 nitrogen and oxygen atoms in total. The monoisotopic (exact) mass is 352 g/mol. The predicted molar refractivity (Wildman–Crippen MR) is 85.9 cm³/mol. The van der Waals surface area contributed by atoms with Crippen molar-refractivity contribution in [1.29, 1.82) is 0 Å². The van der Waals surface area contributed by atoms with E-state index in [1.807, 2.05) is 0 Å². The number of nitrogens with zero attached hydrogens (tertiary/aromatic N) is 3. The molecule has 0 unspecified atom stereocenters. The summed E-state index contributed by atoms with van der Waals surface area (Å²) in [6, 6.07) is 8.11. The van der Waals surface area contributed by atoms with Crippen molar-refractivity contribution in [1.82, 2.24) is 9.97 Å². The maximum absolute atomic E-state index is 13.9. The van der Waals surface area contributed by atoms with Crippen LogP contribution >= 0.6 is 23.2 Å². The fraction of sp³-hybridized carbons (Fsp3) is 0. The molecule has 0 saturated carbocycles. The Morgan fingerprint density at radius 2 is 1.91 bits per heavy atom. The molecule has 116 valence electrons. The van der Waals surface area contributed by atoms with E-state index in [0.717, 1.165) is 6.07 Å². The first-order chi connectivity index (χ1) is 10.9. The summed E-state index contributed by atoms with van der Waals surface area (Å²) in [5, 5.41) is 14.2. The molecule has 3 aromatic rings. The molecule has 2 aromatic carbocycles. The molecule has 0 bridgehead atoms. The first-order valence-corrected chi connectivity index (χ1v) is 7.03. The van der Waals surface area contributed by atoms with E-state index >= 15 is 0 Å². The van der Waals surface area contributed by atoms with E-state index in [0.29, 0.717) is 10.9 Å². The van der Waals surface area contributed by atoms with Crippen molar-refractivity contribution in [2.45, 2.75) is 0 Å². The number of anilines is 2. The fourth-order valence-corrected chi connectivity index (χ4v) is 2.35. The number of fused-ring (bicyclic) bond motifs is 1. The van der Waals surface area contributed by atoms with Gasteiger partial charge in [-0.3, -0.25) is 10.1 Å². The van der Waals surface area contributed by atoms with Crippen LogP contribution in [0, 0.1) is 15.9 Å². The Bertz CT molecular complexity index is 936. The van der Waals surface area contributed by atoms with Crippen molar-refractivity contribution < 1.29 is 9.31 Å². The van der Waals surface area contributed by atoms with Crippen molar-refractivity contribution in [3.63, 3.8) is 0 Å². The third-order valence-corrected chi connectivity index (χ3v) is 3.45. The van der Waals surface area contributed by atoms with E-state index in [4.69, 9.17) is 23.2 Å². The van der Waals surface area contributed by atoms with Gasteiger partial charge in [-0.15, -0.1) is 0 Å². The number of hydrogen-bond acceptors (Lipinski definition) is 5. The van der Waals surface area contributed by atoms with Crippen LogP contribution in [-0.2, 0) is 0 Å². The van der Waals surface area contributed by atoms with Gasteiger partial charge in [0, 0.05) is 22.5 Å². The minimum Gasteiger partial charge on any atom is -0.337 e. The van der Waals surface area contributed by atoms with Gasteiger partial charge in [-0.2, -0.15) is 4.98 Å². The Morgan fingerprint density at radius 3 is 2.61 bits per heavy atom. The molecule has 0 radical (unpaired) electrons. The Hall–Kier alpha value is -2.51. The Morgan fingerprint density at radius 1 is 1.13 bits per heavy atom. The van der Waals surface area contributed by atoms with Gasteiger partial charge in [0.05, 0.1) is 16.1 Å². The summed E-state index contributed by atoms with van der Waals surface area (Å²) in [6.45, 7) is 0. The van der Waals surface area contributed by atoms with Crippen LogP contribution in [0.4, 0.5) is 21.6 Å². The molecule has 0 spiro atoms. The Balaban J connectivity index is 2.15. The lowest BCUT2D eigenvalue weighted by atomic mass is 10.2. The van der Waals surface area contributed by atoms with Crippen LogP contribution in [0.2, 0.25) is 10.3 Å². The summed E-state index contributed by atoms with van der Waals surface area (Å²) in [5.41, 5.74) is 0.368. The molecule has 0 amide bonds. The van der Waals surface area contributed by atoms with Gasteiger partial charge in [-0.05, 0) is 35.9 Å². The molecule has 0 fully saturated rings. The molecule has 0 atom stereocenters. The van der Waals surface area contributed by atoms with Crippen LogP contribution < -0.4 is 5.32 Å². The van der Waals surface area contributed by atoms with Gasteiger partial charge in [0.15, 0.2) is 0 Å². The third-order valence-electron chi connectivity index (χ3n) is 3.05. The maximum atomic E-state index is 13.9. The van der Waals surface area contributed by atoms with Gasteiger partial charge in [-0.25, -0.2) is 9.37 Å². The quantitative estimate of drug-likeness (QED) is 0.418. The molecule has 3 rings (SSSR count). The van der Waals surface area contributed by atoms with E-state index in [2.05, 4.69) is 15.3 Å². The van der Waals surface area contributed by atoms with Crippen LogP contribution in [0.15, 0.2) is 36.4 Å². The number of rotatable bonds is 3. The minimum atomic E-state index is -0.592. The predicted octanol–water partition coefficient (Wildman–Crippen LogP) is 4.73. The number of benzene rings is 2. The standard InChI is InChI=1S/C14H7Cl2FN4O2/c15-7-1-3-12(10(17)5-7)18-13-9-6-8(21(22)23)2-4-11(9)19-14(16)20-13/h1-6H,(H,18,19,20). The summed E-state index contributed by atoms with van der Waals surface area (Å²) in [5.74, 6) is -0.435. The zero-order valence-corrected chi connectivity index (χ0v) is 12.8. The molecule has 23 heavy (non-hydrogen) atoms. The van der Waals surface area contributed by atoms with E-state index in [1.54, 1.807) is 0 Å². The van der Waals surface area contributed by atoms with Crippen molar-refractivity contribution >= 4 is 51.3 Å². The van der Waals surface area contributed by atoms with Crippen LogP contribution in [0.25, 0.3) is 10.9 Å². The maximum Gasteiger partial charge on any atom is 0.270 e. The molecule has 1 N–H and O–H groups in total. The van der Waals surface area contributed by atoms with Crippen molar-refractivity contribution in [2.75, 3.05) is 5.32 Å². The average Bonchev–Trinajstić information content (AvgIpc) is 2.49. The van der Waals surface area contributed by atoms with E-state index in [-0.39, 0.29) is 27.5 Å². The Kier molecular flexibility index (Phi) is 3.97. The van der Waals surface area contributed by atoms with Crippen LogP contribution in [0.5, 0.6) is 0 Å². The second-order valence-corrected chi connectivity index (χ2v) is 5.32. The van der Waals surface area contributed by atoms with Crippen molar-refractivity contribution in [2.24, 2.45) is 0 Å². The first-order valence-electron chi connectivity index (χ1n) is 6.28. The summed E-state index contributed by atoms with van der Waals surface area (Å²) < 4.78 is 13.9. The van der Waals surface area contributed by atoms with E-state index in [9.17, 15) is 14.5 Å². The summed E-state index contributed by atoms with van der Waals surface area (Å²) in [4.78, 5) is 18.3. The van der Waals surface area contributed by atoms with Gasteiger partial charge in [0.1, 0.15) is 11.6 Å². The van der Waals surface area contributed by atoms with Gasteiger partial charge in [0.25, 0.3) is 5.69 Å². The molecular formula is C14H7Cl2FN4O2. The van der Waals surface area contributed by atoms with Crippen LogP contribution in [-0.4, -0.2) is 14.9 Å². The average molecular weight is 353 g/mol. The van der Waals surface area contributed by atoms with E-state index < -0.39 is 10.7 Å². The zero-order valence-electron chi connectivity index (χ0n) is 11.3. The summed E-state index contributed by atoms with van der Waals surface area (Å²) in [7, 11) is 0. The largest absolute Gasteiger partial charge is 0.337 e. The normalized spacial score (nSPS) is 10.7. The lowest BCUT2D eigenvalue weighted by Crippen LogP contribution is -2.00. The van der Waals surface area contributed by atoms with Gasteiger partial charge in [-0.1, -0.05) is 11.6 Å². The highest BCUT2D eigenvalue weighted by Gasteiger charge is 2.14. The lowest BCUT2D eigenvalue weighted by molar-refractivity contribution is -0.384. The molecule has 0 saturated heterocycles. The number of nitrogens with one attached hydrogen (secondary N) is 1. The Labute approximate surface area is 139 Å². The molecule has 0 aliphatic rings. The minimum absolute atomic E-state index is 0.0665. The molecule has 1 heterocycles. The highest BCUT2D eigenvalue weighted by Crippen LogP contribution is 2.30. The number of nitro benzene ring substituents is 1. The van der Waals surface area contributed by atoms with Crippen molar-refractivity contribution in [3.8, 4) is 0 Å². The second-order valence-electron chi connectivity index (χ2n) is 4.55. The molecule has 0 aliphatic heterocycles. The zero-order chi connectivity index (χ0) is 16.6. The SMILES string of the molecule is O=[N+]([O-])c1ccc2nc(Cl)nc(Nc3ccc(Cl)cc3F)c2c1. The number of non-ortho nitro benzene ring substituents is 1. The number of halogens is 3. The smallest absolute Gasteiger partial charge is 0.270 e. The van der Waals surface area contributed by atoms with Crippen LogP contribution in [0.1, 0.15) is 0 Å². The van der Waals surface area contributed by atoms with Gasteiger partial charge >= 0.3 is 0 Å². The highest BCUT2D eigenvalue weighted by atomic mass is 35.5. The lowest BCUT2D eigenvalue weighted by Gasteiger charge is -2.10. The van der Waals surface area contributed by atoms with Crippen LogP contribution in [0.3, 0.4) is 0 Å². The topological polar surface area (TPSA) is 81.0 Å². The molecular weight excluding hydrogens is 346 g/mol. The first kappa shape index (κ1) is 15.4. The number of hydrogen-bond donors (Lipinski definition) is 1. The van der Waals surface area contributed by atoms with Gasteiger partial charge in [0.2, 0.25) is 5.28 Å². The third kappa shape index (κ3) is 3.15. The molecule has 0 aliphatic carbocycles. The fourth-order valence-electron chi connectivity index (χ4n) is 2.02. The number of aromatic nitrogens is 2. The molecule has 1 aromatic heterocycles. The highest BCUT2D eigenvalue weighted by molar-refractivity contribution is 6.30.